The molecule has 3 rings (SSSR count). The molecule has 1 aliphatic heterocycles. The molecule has 0 atom stereocenters. The molecule has 140 valence electrons. The van der Waals surface area contributed by atoms with Crippen LogP contribution in [0.3, 0.4) is 0 Å². The van der Waals surface area contributed by atoms with Crippen LogP contribution < -0.4 is 10.2 Å². The summed E-state index contributed by atoms with van der Waals surface area (Å²) in [6.45, 7) is 7.40. The standard InChI is InChI=1S/C18H31N5OS/c1-3-4-5-10-19-16(24)13-25-18-21-20-17(23(18)15-6-7-15)22-11-8-14(2)9-12-22/h14-15H,3-13H2,1-2H3,(H,19,24). The summed E-state index contributed by atoms with van der Waals surface area (Å²) in [5, 5.41) is 12.8. The first-order valence-corrected chi connectivity index (χ1v) is 10.8. The van der Waals surface area contributed by atoms with Crippen LogP contribution >= 0.6 is 11.8 Å². The minimum atomic E-state index is 0.0970. The topological polar surface area (TPSA) is 63.1 Å². The van der Waals surface area contributed by atoms with Gasteiger partial charge in [-0.15, -0.1) is 10.2 Å². The first kappa shape index (κ1) is 18.5. The van der Waals surface area contributed by atoms with Crippen LogP contribution in [-0.4, -0.2) is 46.1 Å². The van der Waals surface area contributed by atoms with E-state index in [0.717, 1.165) is 43.1 Å². The third-order valence-electron chi connectivity index (χ3n) is 5.06. The molecule has 0 unspecified atom stereocenters. The number of nitrogens with one attached hydrogen (secondary N) is 1. The Bertz CT molecular complexity index is 564. The number of amides is 1. The second-order valence-corrected chi connectivity index (χ2v) is 8.34. The van der Waals surface area contributed by atoms with Gasteiger partial charge in [0.2, 0.25) is 11.9 Å². The van der Waals surface area contributed by atoms with Crippen molar-refractivity contribution in [2.75, 3.05) is 30.3 Å². The van der Waals surface area contributed by atoms with E-state index >= 15 is 0 Å². The maximum Gasteiger partial charge on any atom is 0.230 e. The second kappa shape index (κ2) is 8.92. The molecular formula is C18H31N5OS. The van der Waals surface area contributed by atoms with Gasteiger partial charge in [-0.25, -0.2) is 0 Å². The minimum absolute atomic E-state index is 0.0970. The number of rotatable bonds is 9. The first-order chi connectivity index (χ1) is 12.2. The van der Waals surface area contributed by atoms with Crippen LogP contribution in [0.25, 0.3) is 0 Å². The zero-order chi connectivity index (χ0) is 17.6. The Morgan fingerprint density at radius 2 is 1.96 bits per heavy atom. The van der Waals surface area contributed by atoms with E-state index < -0.39 is 0 Å². The van der Waals surface area contributed by atoms with Crippen molar-refractivity contribution < 1.29 is 4.79 Å². The van der Waals surface area contributed by atoms with Crippen molar-refractivity contribution in [3.05, 3.63) is 0 Å². The lowest BCUT2D eigenvalue weighted by Crippen LogP contribution is -2.34. The molecule has 1 saturated heterocycles. The predicted octanol–water partition coefficient (Wildman–Crippen LogP) is 3.25. The molecule has 7 heteroatoms. The molecule has 2 fully saturated rings. The maximum absolute atomic E-state index is 12.0. The number of hydrogen-bond acceptors (Lipinski definition) is 5. The van der Waals surface area contributed by atoms with E-state index in [1.54, 1.807) is 0 Å². The number of nitrogens with zero attached hydrogens (tertiary/aromatic N) is 4. The highest BCUT2D eigenvalue weighted by molar-refractivity contribution is 7.99. The number of carbonyl (C=O) groups is 1. The van der Waals surface area contributed by atoms with Crippen LogP contribution in [0.2, 0.25) is 0 Å². The van der Waals surface area contributed by atoms with Gasteiger partial charge in [-0.3, -0.25) is 9.36 Å². The monoisotopic (exact) mass is 365 g/mol. The summed E-state index contributed by atoms with van der Waals surface area (Å²) in [7, 11) is 0. The van der Waals surface area contributed by atoms with E-state index in [0.29, 0.717) is 11.8 Å². The van der Waals surface area contributed by atoms with Crippen LogP contribution in [0.15, 0.2) is 5.16 Å². The third kappa shape index (κ3) is 5.12. The Labute approximate surface area is 155 Å². The molecule has 2 heterocycles. The zero-order valence-electron chi connectivity index (χ0n) is 15.5. The highest BCUT2D eigenvalue weighted by atomic mass is 32.2. The van der Waals surface area contributed by atoms with Gasteiger partial charge in [0.15, 0.2) is 5.16 Å². The van der Waals surface area contributed by atoms with Crippen molar-refractivity contribution >= 4 is 23.6 Å². The SMILES string of the molecule is CCCCCNC(=O)CSc1nnc(N2CCC(C)CC2)n1C1CC1. The molecule has 1 aromatic heterocycles. The fourth-order valence-electron chi connectivity index (χ4n) is 3.23. The summed E-state index contributed by atoms with van der Waals surface area (Å²) in [5.41, 5.74) is 0. The van der Waals surface area contributed by atoms with Crippen molar-refractivity contribution in [3.8, 4) is 0 Å². The molecule has 1 aromatic rings. The van der Waals surface area contributed by atoms with Gasteiger partial charge in [0.25, 0.3) is 0 Å². The zero-order valence-corrected chi connectivity index (χ0v) is 16.4. The van der Waals surface area contributed by atoms with Gasteiger partial charge >= 0.3 is 0 Å². The van der Waals surface area contributed by atoms with Gasteiger partial charge in [-0.05, 0) is 38.0 Å². The summed E-state index contributed by atoms with van der Waals surface area (Å²) < 4.78 is 2.28. The quantitative estimate of drug-likeness (QED) is 0.538. The number of anilines is 1. The number of piperidine rings is 1. The minimum Gasteiger partial charge on any atom is -0.355 e. The largest absolute Gasteiger partial charge is 0.355 e. The highest BCUT2D eigenvalue weighted by Crippen LogP contribution is 2.41. The van der Waals surface area contributed by atoms with Crippen molar-refractivity contribution in [1.82, 2.24) is 20.1 Å². The van der Waals surface area contributed by atoms with Crippen LogP contribution in [0.5, 0.6) is 0 Å². The average molecular weight is 366 g/mol. The Morgan fingerprint density at radius 1 is 1.20 bits per heavy atom. The van der Waals surface area contributed by atoms with E-state index in [4.69, 9.17) is 0 Å². The third-order valence-corrected chi connectivity index (χ3v) is 6.00. The predicted molar refractivity (Wildman–Crippen MR) is 102 cm³/mol. The molecule has 0 radical (unpaired) electrons. The molecule has 0 bridgehead atoms. The summed E-state index contributed by atoms with van der Waals surface area (Å²) in [6, 6.07) is 0.527. The Morgan fingerprint density at radius 3 is 2.64 bits per heavy atom. The number of unbranched alkanes of at least 4 members (excludes halogenated alkanes) is 2. The van der Waals surface area contributed by atoms with Crippen molar-refractivity contribution in [3.63, 3.8) is 0 Å². The first-order valence-electron chi connectivity index (χ1n) is 9.78. The van der Waals surface area contributed by atoms with Gasteiger partial charge in [-0.1, -0.05) is 38.5 Å². The molecule has 1 amide bonds. The average Bonchev–Trinajstić information content (AvgIpc) is 3.37. The van der Waals surface area contributed by atoms with E-state index in [1.807, 2.05) is 0 Å². The molecule has 0 aromatic carbocycles. The van der Waals surface area contributed by atoms with Crippen LogP contribution in [0, 0.1) is 5.92 Å². The summed E-state index contributed by atoms with van der Waals surface area (Å²) in [5.74, 6) is 2.34. The smallest absolute Gasteiger partial charge is 0.230 e. The van der Waals surface area contributed by atoms with Gasteiger partial charge in [0, 0.05) is 25.7 Å². The lowest BCUT2D eigenvalue weighted by Gasteiger charge is -2.31. The fraction of sp³-hybridized carbons (Fsp3) is 0.833. The maximum atomic E-state index is 12.0. The fourth-order valence-corrected chi connectivity index (χ4v) is 4.06. The lowest BCUT2D eigenvalue weighted by atomic mass is 10.00. The van der Waals surface area contributed by atoms with Crippen molar-refractivity contribution in [1.29, 1.82) is 0 Å². The van der Waals surface area contributed by atoms with E-state index in [2.05, 4.69) is 38.8 Å². The molecule has 6 nitrogen and oxygen atoms in total. The van der Waals surface area contributed by atoms with Gasteiger partial charge < -0.3 is 10.2 Å². The lowest BCUT2D eigenvalue weighted by molar-refractivity contribution is -0.118. The van der Waals surface area contributed by atoms with E-state index in [1.165, 1.54) is 50.3 Å². The molecule has 1 aliphatic carbocycles. The second-order valence-electron chi connectivity index (χ2n) is 7.40. The molecule has 0 spiro atoms. The van der Waals surface area contributed by atoms with E-state index in [-0.39, 0.29) is 5.91 Å². The molecule has 2 aliphatic rings. The number of aromatic nitrogens is 3. The van der Waals surface area contributed by atoms with Crippen LogP contribution in [0.1, 0.15) is 64.8 Å². The molecule has 25 heavy (non-hydrogen) atoms. The Balaban J connectivity index is 1.56. The Hall–Kier alpha value is -1.24. The van der Waals surface area contributed by atoms with Gasteiger partial charge in [-0.2, -0.15) is 0 Å². The number of carbonyl (C=O) groups excluding carboxylic acids is 1. The van der Waals surface area contributed by atoms with Crippen molar-refractivity contribution in [2.45, 2.75) is 70.0 Å². The number of thioether (sulfide) groups is 1. The Kier molecular flexibility index (Phi) is 6.62. The number of hydrogen-bond donors (Lipinski definition) is 1. The van der Waals surface area contributed by atoms with Crippen LogP contribution in [0.4, 0.5) is 5.95 Å². The molecule has 1 saturated carbocycles. The molecular weight excluding hydrogens is 334 g/mol. The summed E-state index contributed by atoms with van der Waals surface area (Å²) in [4.78, 5) is 14.4. The van der Waals surface area contributed by atoms with E-state index in [9.17, 15) is 4.79 Å². The van der Waals surface area contributed by atoms with Crippen LogP contribution in [-0.2, 0) is 4.79 Å². The summed E-state index contributed by atoms with van der Waals surface area (Å²) >= 11 is 1.52. The normalized spacial score (nSPS) is 18.6. The van der Waals surface area contributed by atoms with Crippen molar-refractivity contribution in [2.24, 2.45) is 5.92 Å². The highest BCUT2D eigenvalue weighted by Gasteiger charge is 2.32. The summed E-state index contributed by atoms with van der Waals surface area (Å²) in [6.07, 6.45) is 8.25. The van der Waals surface area contributed by atoms with Gasteiger partial charge in [0.1, 0.15) is 0 Å². The molecule has 1 N–H and O–H groups in total. The van der Waals surface area contributed by atoms with Gasteiger partial charge in [0.05, 0.1) is 5.75 Å².